The van der Waals surface area contributed by atoms with Gasteiger partial charge in [0.25, 0.3) is 0 Å². The molecule has 0 bridgehead atoms. The highest BCUT2D eigenvalue weighted by Crippen LogP contribution is 2.54. The molecule has 4 nitrogen and oxygen atoms in total. The Hall–Kier alpha value is -14.3. The summed E-state index contributed by atoms with van der Waals surface area (Å²) in [5.41, 5.74) is 40.7. The largest absolute Gasteiger partial charge is 0.310 e. The van der Waals surface area contributed by atoms with Gasteiger partial charge in [-0.25, -0.2) is 0 Å². The third-order valence-electron chi connectivity index (χ3n) is 27.2. The zero-order valence-electron chi connectivity index (χ0n) is 74.8. The van der Waals surface area contributed by atoms with Gasteiger partial charge >= 0.3 is 0 Å². The normalized spacial score (nSPS) is 11.8. The monoisotopic (exact) mass is 1630 g/mol. The third-order valence-corrected chi connectivity index (χ3v) is 27.2. The molecule has 0 radical (unpaired) electrons. The fourth-order valence-electron chi connectivity index (χ4n) is 20.2. The molecular weight excluding hydrogens is 1520 g/mol. The van der Waals surface area contributed by atoms with Gasteiger partial charge in [0.2, 0.25) is 0 Å². The second-order valence-corrected chi connectivity index (χ2v) is 35.7. The van der Waals surface area contributed by atoms with Crippen LogP contribution in [0.1, 0.15) is 120 Å². The molecule has 0 aromatic heterocycles. The lowest BCUT2D eigenvalue weighted by Crippen LogP contribution is -2.13. The highest BCUT2D eigenvalue weighted by molar-refractivity contribution is 6.30. The molecule has 0 spiro atoms. The Kier molecular flexibility index (Phi) is 20.8. The zero-order valence-corrected chi connectivity index (χ0v) is 74.8. The predicted octanol–water partition coefficient (Wildman–Crippen LogP) is 35.5. The maximum Gasteiger partial charge on any atom is 0.0540 e. The second-order valence-electron chi connectivity index (χ2n) is 35.7. The molecule has 0 saturated carbocycles. The van der Waals surface area contributed by atoms with Crippen molar-refractivity contribution in [1.29, 1.82) is 0 Å². The first kappa shape index (κ1) is 80.1. The lowest BCUT2D eigenvalue weighted by atomic mass is 9.87. The molecule has 0 saturated heterocycles. The van der Waals surface area contributed by atoms with E-state index in [9.17, 15) is 0 Å². The minimum Gasteiger partial charge on any atom is -0.310 e. The van der Waals surface area contributed by atoms with E-state index in [0.717, 1.165) is 92.2 Å². The molecule has 0 N–H and O–H groups in total. The first-order valence-corrected chi connectivity index (χ1v) is 45.1. The molecule has 0 heterocycles. The van der Waals surface area contributed by atoms with Gasteiger partial charge in [-0.05, 0) is 343 Å². The topological polar surface area (TPSA) is 13.0 Å². The van der Waals surface area contributed by atoms with Crippen LogP contribution < -0.4 is 19.6 Å². The van der Waals surface area contributed by atoms with Crippen molar-refractivity contribution in [2.45, 2.75) is 122 Å². The summed E-state index contributed by atoms with van der Waals surface area (Å²) in [7, 11) is 0. The number of nitrogens with zero attached hydrogens (tertiary/aromatic N) is 4. The van der Waals surface area contributed by atoms with Gasteiger partial charge in [-0.3, -0.25) is 0 Å². The smallest absolute Gasteiger partial charge is 0.0540 e. The molecule has 0 aliphatic carbocycles. The number of aryl methyl sites for hydroxylation is 8. The summed E-state index contributed by atoms with van der Waals surface area (Å²) in [4.78, 5) is 10.2. The first-order chi connectivity index (χ1) is 61.4. The number of hydrogen-bond acceptors (Lipinski definition) is 4. The van der Waals surface area contributed by atoms with Crippen molar-refractivity contribution >= 4 is 133 Å². The van der Waals surface area contributed by atoms with E-state index in [1.807, 2.05) is 0 Å². The molecule has 0 fully saturated rings. The molecule has 20 aromatic carbocycles. The predicted molar refractivity (Wildman–Crippen MR) is 545 cm³/mol. The molecule has 20 rings (SSSR count). The van der Waals surface area contributed by atoms with Gasteiger partial charge < -0.3 is 19.6 Å². The second kappa shape index (κ2) is 32.7. The summed E-state index contributed by atoms with van der Waals surface area (Å²) in [5.74, 6) is 0.676. The van der Waals surface area contributed by atoms with Crippen LogP contribution in [0.15, 0.2) is 352 Å². The maximum absolute atomic E-state index is 2.56. The van der Waals surface area contributed by atoms with E-state index >= 15 is 0 Å². The summed E-state index contributed by atoms with van der Waals surface area (Å²) in [6.07, 6.45) is 1.86. The molecular formula is C122H106N4. The molecule has 0 aliphatic rings. The van der Waals surface area contributed by atoms with Gasteiger partial charge in [-0.1, -0.05) is 296 Å². The quantitative estimate of drug-likeness (QED) is 0.0665. The van der Waals surface area contributed by atoms with E-state index in [0.29, 0.717) is 11.8 Å². The van der Waals surface area contributed by atoms with Crippen molar-refractivity contribution in [3.05, 3.63) is 419 Å². The maximum atomic E-state index is 2.56. The zero-order chi connectivity index (χ0) is 86.4. The fourth-order valence-corrected chi connectivity index (χ4v) is 20.2. The van der Waals surface area contributed by atoms with E-state index in [2.05, 4.69) is 468 Å². The van der Waals surface area contributed by atoms with E-state index in [4.69, 9.17) is 0 Å². The van der Waals surface area contributed by atoms with E-state index in [1.165, 1.54) is 176 Å². The van der Waals surface area contributed by atoms with E-state index in [-0.39, 0.29) is 0 Å². The van der Waals surface area contributed by atoms with Crippen LogP contribution in [0.25, 0.3) is 120 Å². The van der Waals surface area contributed by atoms with Crippen LogP contribution in [0.2, 0.25) is 0 Å². The average Bonchev–Trinajstić information content (AvgIpc) is 0.719. The van der Waals surface area contributed by atoms with Gasteiger partial charge in [0.05, 0.1) is 22.7 Å². The Morgan fingerprint density at radius 1 is 0.206 bits per heavy atom. The lowest BCUT2D eigenvalue weighted by Gasteiger charge is -2.31. The molecule has 20 aromatic rings. The van der Waals surface area contributed by atoms with Crippen LogP contribution in [0.4, 0.5) is 68.2 Å². The number of anilines is 12. The van der Waals surface area contributed by atoms with E-state index in [1.54, 1.807) is 0 Å². The number of rotatable bonds is 21. The Morgan fingerprint density at radius 2 is 0.468 bits per heavy atom. The van der Waals surface area contributed by atoms with Crippen molar-refractivity contribution in [2.24, 2.45) is 0 Å². The Morgan fingerprint density at radius 3 is 0.770 bits per heavy atom. The summed E-state index contributed by atoms with van der Waals surface area (Å²) in [6.45, 7) is 31.9. The fraction of sp³-hybridized carbons (Fsp3) is 0.148. The number of benzene rings is 20. The molecule has 0 aliphatic heterocycles. The minimum absolute atomic E-state index is 0.321. The Labute approximate surface area is 743 Å². The van der Waals surface area contributed by atoms with Crippen LogP contribution >= 0.6 is 0 Å². The lowest BCUT2D eigenvalue weighted by molar-refractivity contribution is 0.866. The minimum atomic E-state index is 0.321. The van der Waals surface area contributed by atoms with Gasteiger partial charge in [-0.2, -0.15) is 0 Å². The van der Waals surface area contributed by atoms with Crippen LogP contribution in [0.3, 0.4) is 0 Å². The molecule has 614 valence electrons. The average molecular weight is 1630 g/mol. The van der Waals surface area contributed by atoms with Crippen LogP contribution in [-0.4, -0.2) is 0 Å². The van der Waals surface area contributed by atoms with Crippen molar-refractivity contribution < 1.29 is 0 Å². The Bertz CT molecular complexity index is 7640. The van der Waals surface area contributed by atoms with Crippen LogP contribution in [0.5, 0.6) is 0 Å². The van der Waals surface area contributed by atoms with Gasteiger partial charge in [0, 0.05) is 67.0 Å². The van der Waals surface area contributed by atoms with Crippen molar-refractivity contribution in [3.63, 3.8) is 0 Å². The molecule has 126 heavy (non-hydrogen) atoms. The Balaban J connectivity index is 0.690. The summed E-state index contributed by atoms with van der Waals surface area (Å²) in [5, 5.41) is 14.7. The summed E-state index contributed by atoms with van der Waals surface area (Å²) < 4.78 is 0. The molecule has 0 unspecified atom stereocenters. The number of hydrogen-bond donors (Lipinski definition) is 0. The van der Waals surface area contributed by atoms with Gasteiger partial charge in [0.15, 0.2) is 0 Å². The first-order valence-electron chi connectivity index (χ1n) is 45.1. The molecule has 0 atom stereocenters. The molecule has 0 amide bonds. The van der Waals surface area contributed by atoms with Crippen molar-refractivity contribution in [2.75, 3.05) is 19.6 Å². The highest BCUT2D eigenvalue weighted by atomic mass is 15.2. The van der Waals surface area contributed by atoms with Gasteiger partial charge in [0.1, 0.15) is 0 Å². The van der Waals surface area contributed by atoms with Crippen LogP contribution in [-0.2, 0) is 12.8 Å². The summed E-state index contributed by atoms with van der Waals surface area (Å²) in [6, 6.07) is 134. The highest BCUT2D eigenvalue weighted by Gasteiger charge is 2.29. The van der Waals surface area contributed by atoms with Crippen molar-refractivity contribution in [1.82, 2.24) is 0 Å². The third kappa shape index (κ3) is 14.0. The van der Waals surface area contributed by atoms with Gasteiger partial charge in [-0.15, -0.1) is 0 Å². The van der Waals surface area contributed by atoms with E-state index < -0.39 is 0 Å². The van der Waals surface area contributed by atoms with Crippen LogP contribution in [0, 0.1) is 55.4 Å². The molecule has 4 heteroatoms. The van der Waals surface area contributed by atoms with Crippen molar-refractivity contribution in [3.8, 4) is 55.6 Å². The standard InChI is InChI=1S/C122H106N4/c1-15-85-29-21-33-97(67-85)123(115-71-93(47-43-79(115)9)101-37-19-17-27-77(101)7)111-63-55-87-52-60-108-112(64-56-88-51-59-107(111)119(87)120(88)108)124(98-34-22-30-86(16-2)68-98)117-73-95(49-45-81(117)11)103-39-25-41-105(83(103)13)106-42-26-40-104(84(106)14)96-50-46-82(12)118(74-96)126(100-36-24-32-92(70-100)76(5)6)114-66-58-90-53-61-109-113(65-57-89-54-62-110(114)122(90)121(89)109)125(99-35-23-31-91(69-99)75(3)4)116-72-94(48-44-80(116)10)102-38-20-18-28-78(102)8/h17-76H,15-16H2,1-14H3. The summed E-state index contributed by atoms with van der Waals surface area (Å²) >= 11 is 0. The SMILES string of the molecule is CCc1cccc(N(c2cc(-c3ccccc3C)ccc2C)c2ccc3ccc4c(N(c5cccc(CC)c5)c5cc(-c6cccc(-c7cccc(-c8ccc(C)c(N(c9cccc(C(C)C)c9)c9ccc%10ccc%11c(N(c%12cccc(C(C)C)c%12)c%12cc(-c%13ccccc%13C)ccc%12C)ccc%12ccc9c%10c%12%11)c8)c7C)c6C)ccc5C)ccc5ccc2c3c54)c1.